The number of rotatable bonds is 7. The van der Waals surface area contributed by atoms with Crippen LogP contribution >= 0.6 is 12.6 Å². The van der Waals surface area contributed by atoms with Crippen LogP contribution in [0.1, 0.15) is 19.3 Å². The van der Waals surface area contributed by atoms with Crippen LogP contribution in [-0.4, -0.2) is 36.7 Å². The third kappa shape index (κ3) is 6.04. The summed E-state index contributed by atoms with van der Waals surface area (Å²) in [7, 11) is 3.78. The number of likely N-dealkylation sites (N-methyl/N-ethyl adjacent to an activating group) is 1. The Morgan fingerprint density at radius 3 is 2.54 bits per heavy atom. The molecular formula is C8H19N3OS. The van der Waals surface area contributed by atoms with Crippen molar-refractivity contribution in [1.29, 1.82) is 0 Å². The lowest BCUT2D eigenvalue weighted by Crippen LogP contribution is -2.33. The van der Waals surface area contributed by atoms with Gasteiger partial charge in [0.25, 0.3) is 0 Å². The van der Waals surface area contributed by atoms with Crippen molar-refractivity contribution in [2.45, 2.75) is 25.3 Å². The maximum absolute atomic E-state index is 11.0. The number of hydrogen-bond acceptors (Lipinski definition) is 4. The maximum atomic E-state index is 11.0. The summed E-state index contributed by atoms with van der Waals surface area (Å²) in [6.07, 6.45) is 2.82. The smallest absolute Gasteiger partial charge is 0.203 e. The van der Waals surface area contributed by atoms with Crippen molar-refractivity contribution < 1.29 is 4.79 Å². The van der Waals surface area contributed by atoms with Crippen molar-refractivity contribution >= 4 is 17.7 Å². The molecule has 0 aromatic carbocycles. The first-order valence-corrected chi connectivity index (χ1v) is 4.87. The summed E-state index contributed by atoms with van der Waals surface area (Å²) in [5.74, 6) is 5.12. The third-order valence-corrected chi connectivity index (χ3v) is 2.26. The van der Waals surface area contributed by atoms with Gasteiger partial charge in [0.2, 0.25) is 5.12 Å². The Bertz CT molecular complexity index is 152. The zero-order chi connectivity index (χ0) is 10.3. The van der Waals surface area contributed by atoms with Gasteiger partial charge in [-0.1, -0.05) is 6.42 Å². The molecule has 0 saturated heterocycles. The van der Waals surface area contributed by atoms with Crippen molar-refractivity contribution in [1.82, 2.24) is 10.3 Å². The highest BCUT2D eigenvalue weighted by Gasteiger charge is 2.16. The molecule has 5 heteroatoms. The summed E-state index contributed by atoms with van der Waals surface area (Å²) in [5.41, 5.74) is 2.58. The average molecular weight is 205 g/mol. The maximum Gasteiger partial charge on any atom is 0.203 e. The van der Waals surface area contributed by atoms with Gasteiger partial charge in [0.05, 0.1) is 6.04 Å². The standard InChI is InChI=1S/C8H19N3OS/c1-11(2)7(8(12)13)5-3-4-6-10-9/h7,10H,3-6,9H2,1-2H3,(H,12,13)/t7-/m1/s1. The molecule has 0 amide bonds. The number of nitrogens with zero attached hydrogens (tertiary/aromatic N) is 1. The first kappa shape index (κ1) is 12.9. The van der Waals surface area contributed by atoms with Gasteiger partial charge in [0.1, 0.15) is 0 Å². The van der Waals surface area contributed by atoms with Crippen LogP contribution in [0.2, 0.25) is 0 Å². The van der Waals surface area contributed by atoms with Gasteiger partial charge in [-0.2, -0.15) is 0 Å². The number of hydrazine groups is 1. The molecule has 4 nitrogen and oxygen atoms in total. The Morgan fingerprint density at radius 1 is 1.54 bits per heavy atom. The molecule has 0 aliphatic heterocycles. The van der Waals surface area contributed by atoms with Crippen LogP contribution in [0.5, 0.6) is 0 Å². The van der Waals surface area contributed by atoms with Crippen molar-refractivity contribution in [2.75, 3.05) is 20.6 Å². The first-order valence-electron chi connectivity index (χ1n) is 4.42. The number of carbonyl (C=O) groups excluding carboxylic acids is 1. The fourth-order valence-corrected chi connectivity index (χ4v) is 1.53. The zero-order valence-electron chi connectivity index (χ0n) is 8.29. The number of nitrogens with one attached hydrogen (secondary N) is 1. The second kappa shape index (κ2) is 7.32. The largest absolute Gasteiger partial charge is 0.299 e. The zero-order valence-corrected chi connectivity index (χ0v) is 9.18. The van der Waals surface area contributed by atoms with Crippen molar-refractivity contribution in [3.63, 3.8) is 0 Å². The van der Waals surface area contributed by atoms with E-state index < -0.39 is 0 Å². The summed E-state index contributed by atoms with van der Waals surface area (Å²) in [6.45, 7) is 0.793. The van der Waals surface area contributed by atoms with E-state index in [4.69, 9.17) is 5.84 Å². The Kier molecular flexibility index (Phi) is 7.26. The third-order valence-electron chi connectivity index (χ3n) is 1.96. The molecule has 13 heavy (non-hydrogen) atoms. The minimum absolute atomic E-state index is 0.0642. The predicted molar refractivity (Wildman–Crippen MR) is 57.5 cm³/mol. The Balaban J connectivity index is 3.64. The van der Waals surface area contributed by atoms with Crippen molar-refractivity contribution in [3.05, 3.63) is 0 Å². The molecule has 0 aliphatic carbocycles. The van der Waals surface area contributed by atoms with Gasteiger partial charge in [0.15, 0.2) is 0 Å². The Labute approximate surface area is 85.2 Å². The molecule has 0 fully saturated rings. The fourth-order valence-electron chi connectivity index (χ4n) is 1.17. The van der Waals surface area contributed by atoms with E-state index in [-0.39, 0.29) is 11.2 Å². The molecule has 0 aromatic heterocycles. The van der Waals surface area contributed by atoms with E-state index in [1.165, 1.54) is 0 Å². The Hall–Kier alpha value is -0.100. The molecule has 0 rings (SSSR count). The number of unbranched alkanes of at least 4 members (excludes halogenated alkanes) is 1. The molecule has 0 aromatic rings. The number of thiol groups is 1. The van der Waals surface area contributed by atoms with E-state index in [0.717, 1.165) is 25.8 Å². The van der Waals surface area contributed by atoms with E-state index in [1.807, 2.05) is 19.0 Å². The predicted octanol–water partition coefficient (Wildman–Crippen LogP) is 0.00660. The minimum Gasteiger partial charge on any atom is -0.299 e. The number of hydrogen-bond donors (Lipinski definition) is 3. The summed E-state index contributed by atoms with van der Waals surface area (Å²) in [4.78, 5) is 12.9. The van der Waals surface area contributed by atoms with Crippen LogP contribution in [0.25, 0.3) is 0 Å². The summed E-state index contributed by atoms with van der Waals surface area (Å²) in [6, 6.07) is -0.0684. The van der Waals surface area contributed by atoms with Crippen molar-refractivity contribution in [2.24, 2.45) is 5.84 Å². The molecule has 0 saturated carbocycles. The second-order valence-electron chi connectivity index (χ2n) is 3.27. The van der Waals surface area contributed by atoms with Crippen LogP contribution in [0.4, 0.5) is 0 Å². The second-order valence-corrected chi connectivity index (χ2v) is 3.71. The van der Waals surface area contributed by atoms with Gasteiger partial charge in [-0.05, 0) is 26.9 Å². The van der Waals surface area contributed by atoms with E-state index in [0.29, 0.717) is 0 Å². The summed E-state index contributed by atoms with van der Waals surface area (Å²) >= 11 is 3.84. The van der Waals surface area contributed by atoms with Crippen LogP contribution < -0.4 is 11.3 Å². The lowest BCUT2D eigenvalue weighted by atomic mass is 10.1. The average Bonchev–Trinajstić information content (AvgIpc) is 2.02. The molecule has 0 aliphatic rings. The number of nitrogens with two attached hydrogens (primary N) is 1. The molecule has 0 heterocycles. The van der Waals surface area contributed by atoms with Crippen LogP contribution in [-0.2, 0) is 4.79 Å². The SMILES string of the molecule is CN(C)[C@H](CCCCNN)C(=O)S. The Morgan fingerprint density at radius 2 is 2.15 bits per heavy atom. The topological polar surface area (TPSA) is 58.4 Å². The summed E-state index contributed by atoms with van der Waals surface area (Å²) < 4.78 is 0. The van der Waals surface area contributed by atoms with E-state index >= 15 is 0 Å². The van der Waals surface area contributed by atoms with Crippen molar-refractivity contribution in [3.8, 4) is 0 Å². The first-order chi connectivity index (χ1) is 6.09. The highest BCUT2D eigenvalue weighted by Crippen LogP contribution is 2.08. The minimum atomic E-state index is -0.0684. The monoisotopic (exact) mass is 205 g/mol. The molecule has 78 valence electrons. The van der Waals surface area contributed by atoms with Gasteiger partial charge in [-0.15, -0.1) is 12.6 Å². The molecule has 0 radical (unpaired) electrons. The molecular weight excluding hydrogens is 186 g/mol. The van der Waals surface area contributed by atoms with Crippen LogP contribution in [0.15, 0.2) is 0 Å². The quantitative estimate of drug-likeness (QED) is 0.237. The van der Waals surface area contributed by atoms with Crippen LogP contribution in [0.3, 0.4) is 0 Å². The van der Waals surface area contributed by atoms with E-state index in [2.05, 4.69) is 18.1 Å². The normalized spacial score (nSPS) is 13.3. The molecule has 0 unspecified atom stereocenters. The molecule has 1 atom stereocenters. The van der Waals surface area contributed by atoms with Gasteiger partial charge in [0, 0.05) is 6.54 Å². The van der Waals surface area contributed by atoms with E-state index in [1.54, 1.807) is 0 Å². The number of carbonyl (C=O) groups is 1. The molecule has 0 bridgehead atoms. The highest BCUT2D eigenvalue weighted by atomic mass is 32.1. The highest BCUT2D eigenvalue weighted by molar-refractivity contribution is 7.96. The lowest BCUT2D eigenvalue weighted by molar-refractivity contribution is -0.114. The molecule has 0 spiro atoms. The molecule has 3 N–H and O–H groups in total. The van der Waals surface area contributed by atoms with Gasteiger partial charge < -0.3 is 0 Å². The van der Waals surface area contributed by atoms with E-state index in [9.17, 15) is 4.79 Å². The summed E-state index contributed by atoms with van der Waals surface area (Å²) in [5, 5.41) is -0.0642. The van der Waals surface area contributed by atoms with Gasteiger partial charge >= 0.3 is 0 Å². The van der Waals surface area contributed by atoms with Gasteiger partial charge in [-0.25, -0.2) is 0 Å². The fraction of sp³-hybridized carbons (Fsp3) is 0.875. The lowest BCUT2D eigenvalue weighted by Gasteiger charge is -2.20. The van der Waals surface area contributed by atoms with Gasteiger partial charge in [-0.3, -0.25) is 21.0 Å². The van der Waals surface area contributed by atoms with Crippen LogP contribution in [0, 0.1) is 0 Å².